The van der Waals surface area contributed by atoms with Crippen molar-refractivity contribution in [3.63, 3.8) is 0 Å². The second-order valence-electron chi connectivity index (χ2n) is 6.10. The fourth-order valence-electron chi connectivity index (χ4n) is 2.84. The van der Waals surface area contributed by atoms with Gasteiger partial charge in [0.1, 0.15) is 6.26 Å². The number of guanidine groups is 1. The van der Waals surface area contributed by atoms with Crippen LogP contribution in [0.5, 0.6) is 0 Å². The van der Waals surface area contributed by atoms with Crippen molar-refractivity contribution in [1.82, 2.24) is 25.3 Å². The third kappa shape index (κ3) is 6.30. The molecule has 0 spiro atoms. The fourth-order valence-corrected chi connectivity index (χ4v) is 3.64. The van der Waals surface area contributed by atoms with Crippen LogP contribution in [-0.2, 0) is 19.1 Å². The van der Waals surface area contributed by atoms with Gasteiger partial charge in [-0.25, -0.2) is 4.98 Å². The number of rotatable bonds is 5. The topological polar surface area (TPSA) is 69.8 Å². The van der Waals surface area contributed by atoms with Crippen molar-refractivity contribution in [1.29, 1.82) is 0 Å². The first kappa shape index (κ1) is 22.9. The first-order valence-corrected chi connectivity index (χ1v) is 9.42. The zero-order valence-corrected chi connectivity index (χ0v) is 18.4. The lowest BCUT2D eigenvalue weighted by Gasteiger charge is -2.36. The van der Waals surface area contributed by atoms with Crippen LogP contribution in [0.2, 0.25) is 0 Å². The van der Waals surface area contributed by atoms with Crippen molar-refractivity contribution < 1.29 is 17.7 Å². The predicted molar refractivity (Wildman–Crippen MR) is 111 cm³/mol. The van der Waals surface area contributed by atoms with E-state index in [2.05, 4.69) is 30.2 Å². The highest BCUT2D eigenvalue weighted by Gasteiger charge is 2.33. The number of nitrogens with one attached hydrogen (secondary N) is 1. The molecule has 7 nitrogen and oxygen atoms in total. The van der Waals surface area contributed by atoms with Crippen LogP contribution in [0.4, 0.5) is 13.2 Å². The molecule has 0 unspecified atom stereocenters. The number of hydrogen-bond acceptors (Lipinski definition) is 6. The number of aromatic nitrogens is 2. The van der Waals surface area contributed by atoms with E-state index in [1.54, 1.807) is 13.3 Å². The van der Waals surface area contributed by atoms with E-state index < -0.39 is 11.9 Å². The second kappa shape index (κ2) is 10.4. The van der Waals surface area contributed by atoms with Crippen LogP contribution in [0.15, 0.2) is 27.2 Å². The molecule has 28 heavy (non-hydrogen) atoms. The van der Waals surface area contributed by atoms with Crippen molar-refractivity contribution in [3.05, 3.63) is 34.1 Å². The first-order chi connectivity index (χ1) is 13.0. The molecular formula is C16H22F3IN6OS. The molecule has 156 valence electrons. The van der Waals surface area contributed by atoms with Gasteiger partial charge in [-0.05, 0) is 0 Å². The molecule has 1 aliphatic heterocycles. The van der Waals surface area contributed by atoms with Crippen molar-refractivity contribution in [3.8, 4) is 0 Å². The van der Waals surface area contributed by atoms with Gasteiger partial charge in [-0.3, -0.25) is 9.89 Å². The van der Waals surface area contributed by atoms with Crippen LogP contribution in [0.3, 0.4) is 0 Å². The van der Waals surface area contributed by atoms with Crippen LogP contribution < -0.4 is 5.32 Å². The van der Waals surface area contributed by atoms with Crippen LogP contribution in [0.1, 0.15) is 16.4 Å². The number of hydrogen-bond donors (Lipinski definition) is 1. The lowest BCUT2D eigenvalue weighted by molar-refractivity contribution is -0.140. The molecular weight excluding hydrogens is 508 g/mol. The van der Waals surface area contributed by atoms with E-state index in [9.17, 15) is 13.2 Å². The third-order valence-corrected chi connectivity index (χ3v) is 5.13. The molecule has 1 aliphatic rings. The molecule has 0 saturated carbocycles. The Morgan fingerprint density at radius 3 is 2.64 bits per heavy atom. The summed E-state index contributed by atoms with van der Waals surface area (Å²) in [5.41, 5.74) is 0.0859. The van der Waals surface area contributed by atoms with Crippen LogP contribution >= 0.6 is 35.3 Å². The van der Waals surface area contributed by atoms with Gasteiger partial charge < -0.3 is 14.7 Å². The van der Waals surface area contributed by atoms with Crippen molar-refractivity contribution in [2.24, 2.45) is 4.99 Å². The number of piperazine rings is 1. The first-order valence-electron chi connectivity index (χ1n) is 8.54. The zero-order chi connectivity index (χ0) is 19.3. The van der Waals surface area contributed by atoms with E-state index in [0.29, 0.717) is 18.0 Å². The van der Waals surface area contributed by atoms with Gasteiger partial charge in [-0.2, -0.15) is 13.2 Å². The molecule has 0 radical (unpaired) electrons. The van der Waals surface area contributed by atoms with Gasteiger partial charge in [-0.15, -0.1) is 35.3 Å². The highest BCUT2D eigenvalue weighted by atomic mass is 127. The van der Waals surface area contributed by atoms with Gasteiger partial charge in [0.15, 0.2) is 11.7 Å². The third-order valence-electron chi connectivity index (χ3n) is 4.22. The average Bonchev–Trinajstić information content (AvgIpc) is 3.31. The van der Waals surface area contributed by atoms with E-state index in [1.165, 1.54) is 0 Å². The molecule has 12 heteroatoms. The maximum Gasteiger partial charge on any atom is 0.434 e. The number of halogens is 4. The molecule has 0 aliphatic carbocycles. The smallest absolute Gasteiger partial charge is 0.364 e. The molecule has 1 fully saturated rings. The second-order valence-corrected chi connectivity index (χ2v) is 7.04. The normalized spacial score (nSPS) is 16.1. The number of nitrogens with zero attached hydrogens (tertiary/aromatic N) is 5. The van der Waals surface area contributed by atoms with E-state index in [-0.39, 0.29) is 24.0 Å². The monoisotopic (exact) mass is 530 g/mol. The van der Waals surface area contributed by atoms with Crippen LogP contribution in [0, 0.1) is 0 Å². The Kier molecular flexibility index (Phi) is 8.49. The van der Waals surface area contributed by atoms with Crippen LogP contribution in [0.25, 0.3) is 0 Å². The number of thiazole rings is 1. The SMILES string of the molecule is CN=C(NCCc1nc(C(F)(F)F)cs1)N1CCN(Cc2ccon2)CC1.I. The Balaban J connectivity index is 0.00000280. The summed E-state index contributed by atoms with van der Waals surface area (Å²) >= 11 is 1.03. The Morgan fingerprint density at radius 1 is 1.32 bits per heavy atom. The molecule has 0 amide bonds. The molecule has 1 saturated heterocycles. The van der Waals surface area contributed by atoms with Gasteiger partial charge in [0.25, 0.3) is 0 Å². The minimum absolute atomic E-state index is 0. The average molecular weight is 530 g/mol. The molecule has 2 aromatic rings. The molecule has 0 aromatic carbocycles. The van der Waals surface area contributed by atoms with Gasteiger partial charge in [0.05, 0.1) is 10.7 Å². The fraction of sp³-hybridized carbons (Fsp3) is 0.562. The Hall–Kier alpha value is -1.41. The van der Waals surface area contributed by atoms with Crippen molar-refractivity contribution in [2.45, 2.75) is 19.1 Å². The quantitative estimate of drug-likeness (QED) is 0.365. The van der Waals surface area contributed by atoms with Gasteiger partial charge >= 0.3 is 6.18 Å². The Bertz CT molecular complexity index is 744. The summed E-state index contributed by atoms with van der Waals surface area (Å²) in [5.74, 6) is 0.753. The van der Waals surface area contributed by atoms with E-state index >= 15 is 0 Å². The zero-order valence-electron chi connectivity index (χ0n) is 15.3. The summed E-state index contributed by atoms with van der Waals surface area (Å²) in [5, 5.41) is 8.65. The van der Waals surface area contributed by atoms with E-state index in [4.69, 9.17) is 4.52 Å². The predicted octanol–water partition coefficient (Wildman–Crippen LogP) is 2.70. The molecule has 2 aromatic heterocycles. The molecule has 1 N–H and O–H groups in total. The number of aliphatic imine (C=N–C) groups is 1. The summed E-state index contributed by atoms with van der Waals surface area (Å²) < 4.78 is 42.6. The summed E-state index contributed by atoms with van der Waals surface area (Å²) in [6.45, 7) is 4.60. The number of alkyl halides is 3. The van der Waals surface area contributed by atoms with Crippen LogP contribution in [-0.4, -0.2) is 65.7 Å². The highest BCUT2D eigenvalue weighted by molar-refractivity contribution is 14.0. The summed E-state index contributed by atoms with van der Waals surface area (Å²) in [6, 6.07) is 1.86. The van der Waals surface area contributed by atoms with E-state index in [1.807, 2.05) is 6.07 Å². The minimum atomic E-state index is -4.39. The minimum Gasteiger partial charge on any atom is -0.364 e. The standard InChI is InChI=1S/C16H21F3N6OS.HI/c1-20-15(21-4-2-14-22-13(11-27-14)16(17,18)19)25-7-5-24(6-8-25)10-12-3-9-26-23-12;/h3,9,11H,2,4-8,10H2,1H3,(H,20,21);1H. The summed E-state index contributed by atoms with van der Waals surface area (Å²) in [6.07, 6.45) is -2.40. The molecule has 3 heterocycles. The van der Waals surface area contributed by atoms with Gasteiger partial charge in [-0.1, -0.05) is 5.16 Å². The van der Waals surface area contributed by atoms with Crippen molar-refractivity contribution in [2.75, 3.05) is 39.8 Å². The summed E-state index contributed by atoms with van der Waals surface area (Å²) in [7, 11) is 1.70. The maximum atomic E-state index is 12.6. The largest absolute Gasteiger partial charge is 0.434 e. The highest BCUT2D eigenvalue weighted by Crippen LogP contribution is 2.30. The Labute approximate surface area is 182 Å². The maximum absolute atomic E-state index is 12.6. The van der Waals surface area contributed by atoms with Gasteiger partial charge in [0.2, 0.25) is 0 Å². The van der Waals surface area contributed by atoms with Crippen molar-refractivity contribution >= 4 is 41.3 Å². The molecule has 0 atom stereocenters. The van der Waals surface area contributed by atoms with E-state index in [0.717, 1.165) is 61.1 Å². The van der Waals surface area contributed by atoms with Gasteiger partial charge in [0, 0.05) is 64.2 Å². The lowest BCUT2D eigenvalue weighted by atomic mass is 10.3. The molecule has 3 rings (SSSR count). The molecule has 0 bridgehead atoms. The summed E-state index contributed by atoms with van der Waals surface area (Å²) in [4.78, 5) is 12.3. The lowest BCUT2D eigenvalue weighted by Crippen LogP contribution is -2.52. The Morgan fingerprint density at radius 2 is 2.07 bits per heavy atom.